The number of nitrogens with zero attached hydrogens (tertiary/aromatic N) is 7. The van der Waals surface area contributed by atoms with Gasteiger partial charge in [-0.25, -0.2) is 9.50 Å². The van der Waals surface area contributed by atoms with Crippen molar-refractivity contribution in [3.63, 3.8) is 0 Å². The lowest BCUT2D eigenvalue weighted by molar-refractivity contribution is -0.142. The molecule has 0 saturated carbocycles. The van der Waals surface area contributed by atoms with E-state index in [9.17, 15) is 19.5 Å². The first-order chi connectivity index (χ1) is 25.7. The van der Waals surface area contributed by atoms with Crippen LogP contribution in [0.2, 0.25) is 0 Å². The lowest BCUT2D eigenvalue weighted by Crippen LogP contribution is -2.53. The molecule has 0 bridgehead atoms. The Balaban J connectivity index is 0.954. The number of fused-ring (bicyclic) bond motifs is 1. The van der Waals surface area contributed by atoms with Crippen LogP contribution in [0, 0.1) is 19.8 Å². The van der Waals surface area contributed by atoms with Crippen molar-refractivity contribution < 1.29 is 14.7 Å². The Morgan fingerprint density at radius 2 is 1.62 bits per heavy atom. The van der Waals surface area contributed by atoms with Gasteiger partial charge in [0.15, 0.2) is 0 Å². The summed E-state index contributed by atoms with van der Waals surface area (Å²) in [6.07, 6.45) is 4.48. The molecule has 8 rings (SSSR count). The van der Waals surface area contributed by atoms with Crippen LogP contribution in [0.15, 0.2) is 102 Å². The number of aromatic nitrogens is 5. The van der Waals surface area contributed by atoms with E-state index in [-0.39, 0.29) is 35.8 Å². The summed E-state index contributed by atoms with van der Waals surface area (Å²) in [6, 6.07) is 27.3. The van der Waals surface area contributed by atoms with Gasteiger partial charge < -0.3 is 14.9 Å². The normalized spacial score (nSPS) is 18.7. The van der Waals surface area contributed by atoms with Crippen molar-refractivity contribution in [3.8, 4) is 21.8 Å². The molecule has 2 fully saturated rings. The highest BCUT2D eigenvalue weighted by Gasteiger charge is 2.42. The monoisotopic (exact) mass is 727 g/mol. The second-order valence-corrected chi connectivity index (χ2v) is 15.3. The van der Waals surface area contributed by atoms with Crippen LogP contribution >= 0.6 is 11.3 Å². The third kappa shape index (κ3) is 6.80. The Morgan fingerprint density at radius 3 is 2.34 bits per heavy atom. The molecule has 0 radical (unpaired) electrons. The predicted molar refractivity (Wildman–Crippen MR) is 204 cm³/mol. The quantitative estimate of drug-likeness (QED) is 0.227. The minimum absolute atomic E-state index is 0.0398. The minimum atomic E-state index is -1.16. The summed E-state index contributed by atoms with van der Waals surface area (Å²) in [5.74, 6) is -0.527. The van der Waals surface area contributed by atoms with Crippen LogP contribution in [-0.4, -0.2) is 82.6 Å². The van der Waals surface area contributed by atoms with E-state index in [0.717, 1.165) is 33.1 Å². The molecule has 53 heavy (non-hydrogen) atoms. The third-order valence-corrected chi connectivity index (χ3v) is 12.0. The zero-order valence-corrected chi connectivity index (χ0v) is 30.6. The van der Waals surface area contributed by atoms with E-state index in [1.807, 2.05) is 103 Å². The highest BCUT2D eigenvalue weighted by molar-refractivity contribution is 7.17. The molecule has 2 saturated heterocycles. The Morgan fingerprint density at radius 1 is 0.887 bits per heavy atom. The summed E-state index contributed by atoms with van der Waals surface area (Å²) >= 11 is 1.38. The molecule has 11 nitrogen and oxygen atoms in total. The Kier molecular flexibility index (Phi) is 9.25. The van der Waals surface area contributed by atoms with Crippen molar-refractivity contribution in [2.45, 2.75) is 51.2 Å². The molecule has 2 aliphatic rings. The highest BCUT2D eigenvalue weighted by atomic mass is 32.1. The Bertz CT molecular complexity index is 2330. The highest BCUT2D eigenvalue weighted by Crippen LogP contribution is 2.37. The number of benzene rings is 2. The summed E-state index contributed by atoms with van der Waals surface area (Å²) in [7, 11) is 0. The van der Waals surface area contributed by atoms with E-state index in [0.29, 0.717) is 61.5 Å². The van der Waals surface area contributed by atoms with Gasteiger partial charge in [0.1, 0.15) is 21.7 Å². The van der Waals surface area contributed by atoms with Crippen LogP contribution in [0.25, 0.3) is 27.3 Å². The van der Waals surface area contributed by atoms with Crippen LogP contribution in [0.4, 0.5) is 0 Å². The number of pyridine rings is 1. The van der Waals surface area contributed by atoms with Crippen molar-refractivity contribution >= 4 is 28.7 Å². The molecular formula is C41H41N7O4S. The van der Waals surface area contributed by atoms with Crippen LogP contribution in [0.5, 0.6) is 0 Å². The molecule has 1 N–H and O–H groups in total. The number of piperidine rings is 2. The number of aliphatic hydroxyl groups is 1. The minimum Gasteiger partial charge on any atom is -0.388 e. The zero-order chi connectivity index (χ0) is 36.7. The van der Waals surface area contributed by atoms with Crippen molar-refractivity contribution in [3.05, 3.63) is 130 Å². The van der Waals surface area contributed by atoms with Gasteiger partial charge in [-0.15, -0.1) is 11.3 Å². The van der Waals surface area contributed by atoms with Crippen molar-refractivity contribution in [1.82, 2.24) is 33.9 Å². The first-order valence-corrected chi connectivity index (χ1v) is 18.9. The van der Waals surface area contributed by atoms with E-state index in [1.54, 1.807) is 16.8 Å². The summed E-state index contributed by atoms with van der Waals surface area (Å²) in [4.78, 5) is 55.2. The number of carbonyl (C=O) groups excluding carboxylic acids is 2. The second-order valence-electron chi connectivity index (χ2n) is 14.3. The standard InChI is InChI=1S/C41H41N7O4S/c1-27-13-14-31(23-42-27)37-44-28(2)36(53-37)40(51)46-20-17-32(33(24-46)29-9-5-3-6-10-29)38(49)45-21-18-41(52,19-22-45)25-47-26-43-48-34(15-16-35(48)39(47)50)30-11-7-4-8-12-30/h3-16,23,26,32-33,52H,17-22,24-25H2,1-2H3/t32-,33+/m1/s1. The van der Waals surface area contributed by atoms with Gasteiger partial charge in [0, 0.05) is 61.0 Å². The van der Waals surface area contributed by atoms with Crippen LogP contribution in [0.1, 0.15) is 51.8 Å². The van der Waals surface area contributed by atoms with Gasteiger partial charge in [-0.05, 0) is 62.9 Å². The second kappa shape index (κ2) is 14.2. The molecule has 0 unspecified atom stereocenters. The van der Waals surface area contributed by atoms with Gasteiger partial charge in [-0.2, -0.15) is 5.10 Å². The summed E-state index contributed by atoms with van der Waals surface area (Å²) in [5.41, 5.74) is 4.34. The molecule has 6 heterocycles. The van der Waals surface area contributed by atoms with Crippen LogP contribution in [-0.2, 0) is 11.3 Å². The number of thiazole rings is 1. The maximum Gasteiger partial charge on any atom is 0.277 e. The smallest absolute Gasteiger partial charge is 0.277 e. The Hall–Kier alpha value is -5.46. The fourth-order valence-corrected chi connectivity index (χ4v) is 8.77. The number of amides is 2. The van der Waals surface area contributed by atoms with Crippen molar-refractivity contribution in [2.75, 3.05) is 26.2 Å². The van der Waals surface area contributed by atoms with Crippen LogP contribution < -0.4 is 5.56 Å². The van der Waals surface area contributed by atoms with E-state index in [1.165, 1.54) is 22.2 Å². The number of hydrogen-bond acceptors (Lipinski definition) is 8. The average molecular weight is 728 g/mol. The third-order valence-electron chi connectivity index (χ3n) is 10.8. The largest absolute Gasteiger partial charge is 0.388 e. The van der Waals surface area contributed by atoms with E-state index < -0.39 is 5.60 Å². The van der Waals surface area contributed by atoms with E-state index >= 15 is 0 Å². The molecule has 270 valence electrons. The average Bonchev–Trinajstić information content (AvgIpc) is 3.80. The number of carbonyl (C=O) groups is 2. The number of likely N-dealkylation sites (tertiary alicyclic amines) is 2. The first-order valence-electron chi connectivity index (χ1n) is 18.1. The lowest BCUT2D eigenvalue weighted by atomic mass is 9.79. The zero-order valence-electron chi connectivity index (χ0n) is 29.8. The Labute approximate surface area is 311 Å². The maximum absolute atomic E-state index is 14.3. The van der Waals surface area contributed by atoms with Crippen molar-refractivity contribution in [1.29, 1.82) is 0 Å². The fraction of sp³-hybridized carbons (Fsp3) is 0.317. The van der Waals surface area contributed by atoms with Gasteiger partial charge in [0.2, 0.25) is 5.91 Å². The lowest BCUT2D eigenvalue weighted by Gasteiger charge is -2.43. The van der Waals surface area contributed by atoms with E-state index in [2.05, 4.69) is 10.1 Å². The first kappa shape index (κ1) is 34.6. The molecule has 0 spiro atoms. The number of aryl methyl sites for hydroxylation is 2. The SMILES string of the molecule is Cc1ccc(-c2nc(C)c(C(=O)N3CC[C@@H](C(=O)N4CCC(O)(Cn5cnn6c(-c7ccccc7)ccc6c5=O)CC4)[C@H](c4ccccc4)C3)s2)cn1. The topological polar surface area (TPSA) is 126 Å². The molecule has 2 atom stereocenters. The maximum atomic E-state index is 14.3. The molecule has 4 aromatic heterocycles. The predicted octanol–water partition coefficient (Wildman–Crippen LogP) is 5.60. The van der Waals surface area contributed by atoms with Gasteiger partial charge in [-0.3, -0.25) is 23.9 Å². The van der Waals surface area contributed by atoms with E-state index in [4.69, 9.17) is 4.98 Å². The summed E-state index contributed by atoms with van der Waals surface area (Å²) < 4.78 is 3.12. The van der Waals surface area contributed by atoms with Crippen LogP contribution in [0.3, 0.4) is 0 Å². The molecule has 12 heteroatoms. The molecule has 6 aromatic rings. The number of hydrogen-bond donors (Lipinski definition) is 1. The van der Waals surface area contributed by atoms with Gasteiger partial charge in [0.05, 0.1) is 23.5 Å². The van der Waals surface area contributed by atoms with Gasteiger partial charge in [0.25, 0.3) is 11.5 Å². The number of rotatable bonds is 7. The van der Waals surface area contributed by atoms with Gasteiger partial charge >= 0.3 is 0 Å². The molecule has 2 aliphatic heterocycles. The fourth-order valence-electron chi connectivity index (χ4n) is 7.75. The molecule has 2 aromatic carbocycles. The van der Waals surface area contributed by atoms with Crippen molar-refractivity contribution in [2.24, 2.45) is 5.92 Å². The molecule has 0 aliphatic carbocycles. The summed E-state index contributed by atoms with van der Waals surface area (Å²) in [5, 5.41) is 17.0. The summed E-state index contributed by atoms with van der Waals surface area (Å²) in [6.45, 7) is 5.52. The van der Waals surface area contributed by atoms with Gasteiger partial charge in [-0.1, -0.05) is 60.7 Å². The molecular weight excluding hydrogens is 687 g/mol. The molecule has 2 amide bonds.